The second-order valence-electron chi connectivity index (χ2n) is 6.53. The van der Waals surface area contributed by atoms with Gasteiger partial charge in [0.25, 0.3) is 0 Å². The first-order chi connectivity index (χ1) is 13.1. The summed E-state index contributed by atoms with van der Waals surface area (Å²) in [4.78, 5) is 35.5. The van der Waals surface area contributed by atoms with Gasteiger partial charge in [0.15, 0.2) is 0 Å². The summed E-state index contributed by atoms with van der Waals surface area (Å²) in [5, 5.41) is 9.31. The summed E-state index contributed by atoms with van der Waals surface area (Å²) >= 11 is 0. The van der Waals surface area contributed by atoms with E-state index >= 15 is 0 Å². The molecule has 2 aromatic carbocycles. The van der Waals surface area contributed by atoms with Crippen molar-refractivity contribution in [2.45, 2.75) is 6.42 Å². The number of esters is 2. The highest BCUT2D eigenvalue weighted by molar-refractivity contribution is 5.89. The van der Waals surface area contributed by atoms with Crippen LogP contribution in [0.15, 0.2) is 60.7 Å². The molecule has 0 aromatic heterocycles. The molecule has 1 aliphatic rings. The molecule has 1 aliphatic carbocycles. The predicted molar refractivity (Wildman–Crippen MR) is 96.2 cm³/mol. The Kier molecular flexibility index (Phi) is 5.86. The van der Waals surface area contributed by atoms with Gasteiger partial charge >= 0.3 is 17.9 Å². The van der Waals surface area contributed by atoms with Crippen LogP contribution in [-0.4, -0.2) is 36.2 Å². The molecule has 2 aromatic rings. The highest BCUT2D eigenvalue weighted by Crippen LogP contribution is 2.41. The molecule has 0 heterocycles. The van der Waals surface area contributed by atoms with Crippen LogP contribution in [0.3, 0.4) is 0 Å². The summed E-state index contributed by atoms with van der Waals surface area (Å²) in [6.07, 6.45) is 0.394. The Labute approximate surface area is 156 Å². The van der Waals surface area contributed by atoms with Crippen LogP contribution in [0.25, 0.3) is 0 Å². The van der Waals surface area contributed by atoms with Gasteiger partial charge in [-0.25, -0.2) is 9.59 Å². The van der Waals surface area contributed by atoms with Gasteiger partial charge in [0, 0.05) is 11.8 Å². The average molecular weight is 368 g/mol. The lowest BCUT2D eigenvalue weighted by Crippen LogP contribution is -2.46. The summed E-state index contributed by atoms with van der Waals surface area (Å²) in [5.74, 6) is -3.00. The third-order valence-corrected chi connectivity index (χ3v) is 4.85. The van der Waals surface area contributed by atoms with E-state index in [9.17, 15) is 19.5 Å². The van der Waals surface area contributed by atoms with E-state index in [0.29, 0.717) is 17.5 Å². The van der Waals surface area contributed by atoms with Crippen molar-refractivity contribution in [3.63, 3.8) is 0 Å². The van der Waals surface area contributed by atoms with Crippen molar-refractivity contribution in [3.8, 4) is 0 Å². The molecule has 3 rings (SSSR count). The van der Waals surface area contributed by atoms with Gasteiger partial charge in [-0.3, -0.25) is 4.79 Å². The largest absolute Gasteiger partial charge is 0.481 e. The van der Waals surface area contributed by atoms with Crippen molar-refractivity contribution in [1.82, 2.24) is 0 Å². The minimum absolute atomic E-state index is 0.0156. The van der Waals surface area contributed by atoms with E-state index < -0.39 is 23.8 Å². The molecule has 0 saturated heterocycles. The number of carbonyl (C=O) groups is 3. The zero-order valence-corrected chi connectivity index (χ0v) is 14.6. The first-order valence-electron chi connectivity index (χ1n) is 8.73. The van der Waals surface area contributed by atoms with Crippen LogP contribution in [0.2, 0.25) is 0 Å². The maximum absolute atomic E-state index is 12.1. The second kappa shape index (κ2) is 8.49. The molecule has 0 radical (unpaired) electrons. The molecule has 3 atom stereocenters. The SMILES string of the molecule is O=C(OC[C@H]1CC(C(=O)O)[C@@H]1COC(=O)c1ccccc1)c1ccccc1. The van der Waals surface area contributed by atoms with Crippen LogP contribution < -0.4 is 0 Å². The quantitative estimate of drug-likeness (QED) is 0.756. The maximum atomic E-state index is 12.1. The standard InChI is InChI=1S/C21H20O6/c22-19(23)17-11-16(12-26-20(24)14-7-3-1-4-8-14)18(17)13-27-21(25)15-9-5-2-6-10-15/h1-10,16-18H,11-13H2,(H,22,23)/t16-,17?,18-/m1/s1. The summed E-state index contributed by atoms with van der Waals surface area (Å²) in [6, 6.07) is 17.1. The molecule has 1 N–H and O–H groups in total. The number of rotatable bonds is 7. The third kappa shape index (κ3) is 4.53. The van der Waals surface area contributed by atoms with Gasteiger partial charge in [0.05, 0.1) is 30.3 Å². The molecule has 0 spiro atoms. The Morgan fingerprint density at radius 1 is 0.815 bits per heavy atom. The van der Waals surface area contributed by atoms with Crippen LogP contribution in [0.1, 0.15) is 27.1 Å². The minimum atomic E-state index is -0.929. The lowest BCUT2D eigenvalue weighted by molar-refractivity contribution is -0.154. The highest BCUT2D eigenvalue weighted by Gasteiger charge is 2.46. The smallest absolute Gasteiger partial charge is 0.338 e. The third-order valence-electron chi connectivity index (χ3n) is 4.85. The zero-order chi connectivity index (χ0) is 19.2. The fourth-order valence-corrected chi connectivity index (χ4v) is 3.21. The molecule has 0 amide bonds. The molecule has 0 bridgehead atoms. The molecule has 0 aliphatic heterocycles. The number of hydrogen-bond acceptors (Lipinski definition) is 5. The Morgan fingerprint density at radius 2 is 1.30 bits per heavy atom. The Hall–Kier alpha value is -3.15. The number of ether oxygens (including phenoxy) is 2. The fraction of sp³-hybridized carbons (Fsp3) is 0.286. The molecular formula is C21H20O6. The van der Waals surface area contributed by atoms with Crippen LogP contribution in [0, 0.1) is 17.8 Å². The molecule has 6 heteroatoms. The molecule has 140 valence electrons. The summed E-state index contributed by atoms with van der Waals surface area (Å²) in [6.45, 7) is 0.0866. The van der Waals surface area contributed by atoms with E-state index in [1.165, 1.54) is 0 Å². The van der Waals surface area contributed by atoms with E-state index in [-0.39, 0.29) is 25.0 Å². The average Bonchev–Trinajstić information content (AvgIpc) is 2.68. The van der Waals surface area contributed by atoms with Gasteiger partial charge in [0.2, 0.25) is 0 Å². The highest BCUT2D eigenvalue weighted by atomic mass is 16.5. The van der Waals surface area contributed by atoms with Crippen molar-refractivity contribution < 1.29 is 29.0 Å². The first kappa shape index (κ1) is 18.6. The number of hydrogen-bond donors (Lipinski definition) is 1. The number of carbonyl (C=O) groups excluding carboxylic acids is 2. The van der Waals surface area contributed by atoms with Crippen molar-refractivity contribution in [3.05, 3.63) is 71.8 Å². The number of carboxylic acids is 1. The number of carboxylic acid groups (broad SMARTS) is 1. The summed E-state index contributed by atoms with van der Waals surface area (Å²) in [5.41, 5.74) is 0.856. The molecular weight excluding hydrogens is 348 g/mol. The van der Waals surface area contributed by atoms with Crippen molar-refractivity contribution >= 4 is 17.9 Å². The Bertz CT molecular complexity index is 802. The van der Waals surface area contributed by atoms with E-state index in [1.54, 1.807) is 60.7 Å². The summed E-state index contributed by atoms with van der Waals surface area (Å²) in [7, 11) is 0. The maximum Gasteiger partial charge on any atom is 0.338 e. The number of aliphatic carboxylic acids is 1. The van der Waals surface area contributed by atoms with E-state index in [4.69, 9.17) is 9.47 Å². The normalized spacial score (nSPS) is 21.0. The van der Waals surface area contributed by atoms with Gasteiger partial charge in [-0.05, 0) is 30.7 Å². The van der Waals surface area contributed by atoms with E-state index in [2.05, 4.69) is 0 Å². The van der Waals surface area contributed by atoms with Gasteiger partial charge < -0.3 is 14.6 Å². The molecule has 1 unspecified atom stereocenters. The van der Waals surface area contributed by atoms with Gasteiger partial charge in [-0.1, -0.05) is 36.4 Å². The predicted octanol–water partition coefficient (Wildman–Crippen LogP) is 3.04. The van der Waals surface area contributed by atoms with Gasteiger partial charge in [0.1, 0.15) is 0 Å². The molecule has 1 fully saturated rings. The van der Waals surface area contributed by atoms with Crippen LogP contribution >= 0.6 is 0 Å². The summed E-state index contributed by atoms with van der Waals surface area (Å²) < 4.78 is 10.6. The van der Waals surface area contributed by atoms with Crippen LogP contribution in [-0.2, 0) is 14.3 Å². The molecule has 6 nitrogen and oxygen atoms in total. The second-order valence-corrected chi connectivity index (χ2v) is 6.53. The van der Waals surface area contributed by atoms with E-state index in [0.717, 1.165) is 0 Å². The monoisotopic (exact) mass is 368 g/mol. The fourth-order valence-electron chi connectivity index (χ4n) is 3.21. The van der Waals surface area contributed by atoms with Gasteiger partial charge in [-0.2, -0.15) is 0 Å². The van der Waals surface area contributed by atoms with Crippen molar-refractivity contribution in [2.75, 3.05) is 13.2 Å². The minimum Gasteiger partial charge on any atom is -0.481 e. The lowest BCUT2D eigenvalue weighted by atomic mass is 9.65. The van der Waals surface area contributed by atoms with Crippen LogP contribution in [0.5, 0.6) is 0 Å². The Balaban J connectivity index is 1.55. The lowest BCUT2D eigenvalue weighted by Gasteiger charge is -2.41. The van der Waals surface area contributed by atoms with Crippen LogP contribution in [0.4, 0.5) is 0 Å². The molecule has 27 heavy (non-hydrogen) atoms. The van der Waals surface area contributed by atoms with Crippen molar-refractivity contribution in [2.24, 2.45) is 17.8 Å². The zero-order valence-electron chi connectivity index (χ0n) is 14.6. The first-order valence-corrected chi connectivity index (χ1v) is 8.73. The van der Waals surface area contributed by atoms with Crippen molar-refractivity contribution in [1.29, 1.82) is 0 Å². The molecule has 1 saturated carbocycles. The van der Waals surface area contributed by atoms with E-state index in [1.807, 2.05) is 0 Å². The Morgan fingerprint density at radius 3 is 1.78 bits per heavy atom. The topological polar surface area (TPSA) is 89.9 Å². The number of benzene rings is 2. The van der Waals surface area contributed by atoms with Gasteiger partial charge in [-0.15, -0.1) is 0 Å².